The number of nitrogens with one attached hydrogen (secondary N) is 1. The van der Waals surface area contributed by atoms with Crippen LogP contribution in [0, 0.1) is 13.8 Å². The van der Waals surface area contributed by atoms with Crippen molar-refractivity contribution in [3.8, 4) is 0 Å². The third kappa shape index (κ3) is 2.85. The molecule has 0 amide bonds. The van der Waals surface area contributed by atoms with Gasteiger partial charge in [-0.25, -0.2) is 9.78 Å². The van der Waals surface area contributed by atoms with Crippen LogP contribution in [0.3, 0.4) is 0 Å². The van der Waals surface area contributed by atoms with Crippen LogP contribution in [0.15, 0.2) is 18.2 Å². The van der Waals surface area contributed by atoms with Gasteiger partial charge in [0.15, 0.2) is 16.6 Å². The molecule has 6 heteroatoms. The average Bonchev–Trinajstić information content (AvgIpc) is 2.78. The van der Waals surface area contributed by atoms with Crippen LogP contribution in [0.4, 0.5) is 10.8 Å². The number of hydrogen-bond donors (Lipinski definition) is 2. The van der Waals surface area contributed by atoms with Gasteiger partial charge in [0, 0.05) is 12.6 Å². The molecule has 1 heterocycles. The van der Waals surface area contributed by atoms with E-state index in [1.807, 2.05) is 32.0 Å². The van der Waals surface area contributed by atoms with Crippen molar-refractivity contribution in [2.24, 2.45) is 0 Å². The number of nitrogens with zero attached hydrogens (tertiary/aromatic N) is 1. The first kappa shape index (κ1) is 14.2. The number of aryl methyl sites for hydroxylation is 2. The minimum atomic E-state index is -1.19. The fourth-order valence-corrected chi connectivity index (χ4v) is 2.61. The van der Waals surface area contributed by atoms with E-state index < -0.39 is 5.97 Å². The van der Waals surface area contributed by atoms with E-state index >= 15 is 0 Å². The third-order valence-electron chi connectivity index (χ3n) is 2.78. The molecule has 0 saturated heterocycles. The van der Waals surface area contributed by atoms with E-state index in [2.05, 4.69) is 10.3 Å². The van der Waals surface area contributed by atoms with E-state index in [-0.39, 0.29) is 16.4 Å². The Morgan fingerprint density at radius 2 is 2.00 bits per heavy atom. The maximum atomic E-state index is 11.4. The standard InChI is InChI=1S/C14H14N2O3S/c1-7-4-5-8(2)10(6-7)15-14-16-11(13(18)19)12(20-14)9(3)17/h4-6H,1-3H3,(H,15,16)(H,18,19). The SMILES string of the molecule is CC(=O)c1sc(Nc2cc(C)ccc2C)nc1C(=O)O. The molecule has 0 bridgehead atoms. The van der Waals surface area contributed by atoms with Crippen LogP contribution in [0.1, 0.15) is 38.2 Å². The third-order valence-corrected chi connectivity index (χ3v) is 3.86. The zero-order valence-electron chi connectivity index (χ0n) is 11.4. The van der Waals surface area contributed by atoms with Crippen molar-refractivity contribution in [3.63, 3.8) is 0 Å². The zero-order valence-corrected chi connectivity index (χ0v) is 12.2. The fourth-order valence-electron chi connectivity index (χ4n) is 1.74. The normalized spacial score (nSPS) is 10.3. The summed E-state index contributed by atoms with van der Waals surface area (Å²) in [5.74, 6) is -1.49. The summed E-state index contributed by atoms with van der Waals surface area (Å²) in [6, 6.07) is 5.91. The molecule has 0 saturated carbocycles. The summed E-state index contributed by atoms with van der Waals surface area (Å²) >= 11 is 1.05. The molecule has 0 radical (unpaired) electrons. The Labute approximate surface area is 120 Å². The maximum absolute atomic E-state index is 11.4. The lowest BCUT2D eigenvalue weighted by Gasteiger charge is -2.07. The van der Waals surface area contributed by atoms with E-state index in [0.29, 0.717) is 5.13 Å². The second-order valence-electron chi connectivity index (χ2n) is 4.50. The van der Waals surface area contributed by atoms with Crippen molar-refractivity contribution in [2.75, 3.05) is 5.32 Å². The summed E-state index contributed by atoms with van der Waals surface area (Å²) < 4.78 is 0. The first-order valence-corrected chi connectivity index (χ1v) is 6.79. The first-order valence-electron chi connectivity index (χ1n) is 5.98. The number of benzene rings is 1. The Morgan fingerprint density at radius 1 is 1.30 bits per heavy atom. The van der Waals surface area contributed by atoms with Gasteiger partial charge in [-0.3, -0.25) is 4.79 Å². The summed E-state index contributed by atoms with van der Waals surface area (Å²) in [5.41, 5.74) is 2.76. The Morgan fingerprint density at radius 3 is 2.55 bits per heavy atom. The second kappa shape index (κ2) is 5.42. The van der Waals surface area contributed by atoms with Crippen molar-refractivity contribution in [1.82, 2.24) is 4.98 Å². The Bertz CT molecular complexity index is 660. The Hall–Kier alpha value is -2.21. The number of anilines is 2. The molecule has 20 heavy (non-hydrogen) atoms. The van der Waals surface area contributed by atoms with Gasteiger partial charge in [0.25, 0.3) is 0 Å². The molecule has 2 rings (SSSR count). The summed E-state index contributed by atoms with van der Waals surface area (Å²) in [6.45, 7) is 5.25. The molecule has 0 aliphatic carbocycles. The molecule has 0 aliphatic rings. The molecule has 0 fully saturated rings. The monoisotopic (exact) mass is 290 g/mol. The van der Waals surface area contributed by atoms with E-state index in [4.69, 9.17) is 5.11 Å². The highest BCUT2D eigenvalue weighted by Gasteiger charge is 2.20. The maximum Gasteiger partial charge on any atom is 0.356 e. The van der Waals surface area contributed by atoms with Crippen LogP contribution >= 0.6 is 11.3 Å². The molecular formula is C14H14N2O3S. The van der Waals surface area contributed by atoms with Crippen molar-refractivity contribution in [3.05, 3.63) is 39.9 Å². The predicted molar refractivity (Wildman–Crippen MR) is 78.3 cm³/mol. The molecule has 2 aromatic rings. The molecule has 0 spiro atoms. The summed E-state index contributed by atoms with van der Waals surface area (Å²) in [4.78, 5) is 26.7. The molecule has 104 valence electrons. The number of aromatic nitrogens is 1. The molecule has 0 aliphatic heterocycles. The highest BCUT2D eigenvalue weighted by atomic mass is 32.1. The average molecular weight is 290 g/mol. The molecule has 2 N–H and O–H groups in total. The van der Waals surface area contributed by atoms with Gasteiger partial charge in [0.2, 0.25) is 0 Å². The molecule has 5 nitrogen and oxygen atoms in total. The number of ketones is 1. The first-order chi connectivity index (χ1) is 9.38. The predicted octanol–water partition coefficient (Wildman–Crippen LogP) is 3.40. The number of hydrogen-bond acceptors (Lipinski definition) is 5. The number of carbonyl (C=O) groups excluding carboxylic acids is 1. The number of carbonyl (C=O) groups is 2. The van der Waals surface area contributed by atoms with E-state index in [1.54, 1.807) is 0 Å². The van der Waals surface area contributed by atoms with Crippen LogP contribution in [0.5, 0.6) is 0 Å². The number of Topliss-reactive ketones (excluding diaryl/α,β-unsaturated/α-hetero) is 1. The van der Waals surface area contributed by atoms with Gasteiger partial charge in [-0.1, -0.05) is 23.5 Å². The van der Waals surface area contributed by atoms with E-state index in [0.717, 1.165) is 28.2 Å². The minimum absolute atomic E-state index is 0.158. The van der Waals surface area contributed by atoms with Gasteiger partial charge < -0.3 is 10.4 Å². The summed E-state index contributed by atoms with van der Waals surface area (Å²) in [7, 11) is 0. The zero-order chi connectivity index (χ0) is 14.9. The molecule has 1 aromatic heterocycles. The number of rotatable bonds is 4. The Kier molecular flexibility index (Phi) is 3.85. The van der Waals surface area contributed by atoms with Crippen LogP contribution in [0.25, 0.3) is 0 Å². The van der Waals surface area contributed by atoms with Gasteiger partial charge in [-0.2, -0.15) is 0 Å². The minimum Gasteiger partial charge on any atom is -0.476 e. The Balaban J connectivity index is 2.39. The second-order valence-corrected chi connectivity index (χ2v) is 5.50. The van der Waals surface area contributed by atoms with E-state index in [9.17, 15) is 9.59 Å². The van der Waals surface area contributed by atoms with Gasteiger partial charge >= 0.3 is 5.97 Å². The number of carboxylic acid groups (broad SMARTS) is 1. The largest absolute Gasteiger partial charge is 0.476 e. The quantitative estimate of drug-likeness (QED) is 0.844. The number of aromatic carboxylic acids is 1. The van der Waals surface area contributed by atoms with Gasteiger partial charge in [0.05, 0.1) is 0 Å². The molecule has 0 unspecified atom stereocenters. The van der Waals surface area contributed by atoms with Gasteiger partial charge in [-0.05, 0) is 31.0 Å². The summed E-state index contributed by atoms with van der Waals surface area (Å²) in [5, 5.41) is 12.5. The highest BCUT2D eigenvalue weighted by molar-refractivity contribution is 7.17. The lowest BCUT2D eigenvalue weighted by molar-refractivity contribution is 0.0687. The van der Waals surface area contributed by atoms with Gasteiger partial charge in [-0.15, -0.1) is 0 Å². The van der Waals surface area contributed by atoms with Crippen LogP contribution in [-0.2, 0) is 0 Å². The van der Waals surface area contributed by atoms with Crippen molar-refractivity contribution in [1.29, 1.82) is 0 Å². The van der Waals surface area contributed by atoms with Gasteiger partial charge in [0.1, 0.15) is 4.88 Å². The molecule has 0 atom stereocenters. The number of carboxylic acids is 1. The molecule has 1 aromatic carbocycles. The van der Waals surface area contributed by atoms with Crippen LogP contribution in [-0.4, -0.2) is 21.8 Å². The lowest BCUT2D eigenvalue weighted by atomic mass is 10.1. The van der Waals surface area contributed by atoms with E-state index in [1.165, 1.54) is 6.92 Å². The van der Waals surface area contributed by atoms with Crippen LogP contribution in [0.2, 0.25) is 0 Å². The van der Waals surface area contributed by atoms with Crippen molar-refractivity contribution >= 4 is 33.9 Å². The summed E-state index contributed by atoms with van der Waals surface area (Å²) in [6.07, 6.45) is 0. The van der Waals surface area contributed by atoms with Crippen molar-refractivity contribution < 1.29 is 14.7 Å². The van der Waals surface area contributed by atoms with Crippen molar-refractivity contribution in [2.45, 2.75) is 20.8 Å². The smallest absolute Gasteiger partial charge is 0.356 e. The highest BCUT2D eigenvalue weighted by Crippen LogP contribution is 2.28. The topological polar surface area (TPSA) is 79.3 Å². The lowest BCUT2D eigenvalue weighted by Crippen LogP contribution is -2.03. The van der Waals surface area contributed by atoms with Crippen LogP contribution < -0.4 is 5.32 Å². The molecular weight excluding hydrogens is 276 g/mol. The fraction of sp³-hybridized carbons (Fsp3) is 0.214. The number of thiazole rings is 1.